The van der Waals surface area contributed by atoms with E-state index < -0.39 is 5.97 Å². The highest BCUT2D eigenvalue weighted by molar-refractivity contribution is 5.86. The second kappa shape index (κ2) is 5.46. The quantitative estimate of drug-likeness (QED) is 0.800. The van der Waals surface area contributed by atoms with Crippen LogP contribution in [-0.2, 0) is 0 Å². The van der Waals surface area contributed by atoms with E-state index in [9.17, 15) is 4.79 Å². The van der Waals surface area contributed by atoms with Gasteiger partial charge in [-0.15, -0.1) is 0 Å². The number of nitrogens with zero attached hydrogens (tertiary/aromatic N) is 1. The predicted octanol–water partition coefficient (Wildman–Crippen LogP) is 2.24. The zero-order chi connectivity index (χ0) is 13.9. The van der Waals surface area contributed by atoms with Crippen molar-refractivity contribution in [3.63, 3.8) is 0 Å². The highest BCUT2D eigenvalue weighted by atomic mass is 16.4. The SMILES string of the molecule is O=C(O)c1cc(-c2ccc(C3CCNCC3)cc2)n[nH]1. The first kappa shape index (κ1) is 12.9. The topological polar surface area (TPSA) is 78.0 Å². The lowest BCUT2D eigenvalue weighted by Gasteiger charge is -2.23. The van der Waals surface area contributed by atoms with E-state index in [1.54, 1.807) is 6.07 Å². The second-order valence-corrected chi connectivity index (χ2v) is 5.12. The third-order valence-electron chi connectivity index (χ3n) is 3.83. The molecule has 104 valence electrons. The fourth-order valence-electron chi connectivity index (χ4n) is 2.66. The minimum absolute atomic E-state index is 0.113. The minimum atomic E-state index is -0.991. The molecule has 0 aliphatic carbocycles. The maximum atomic E-state index is 10.8. The number of benzene rings is 1. The van der Waals surface area contributed by atoms with Gasteiger partial charge in [0.1, 0.15) is 5.69 Å². The van der Waals surface area contributed by atoms with E-state index in [-0.39, 0.29) is 5.69 Å². The molecule has 2 heterocycles. The van der Waals surface area contributed by atoms with Crippen LogP contribution in [0.1, 0.15) is 34.8 Å². The average Bonchev–Trinajstić information content (AvgIpc) is 2.98. The number of hydrogen-bond acceptors (Lipinski definition) is 3. The summed E-state index contributed by atoms with van der Waals surface area (Å²) in [7, 11) is 0. The van der Waals surface area contributed by atoms with Gasteiger partial charge in [0, 0.05) is 5.56 Å². The Kier molecular flexibility index (Phi) is 3.52. The number of H-pyrrole nitrogens is 1. The van der Waals surface area contributed by atoms with Crippen LogP contribution in [0.5, 0.6) is 0 Å². The van der Waals surface area contributed by atoms with E-state index in [1.807, 2.05) is 12.1 Å². The summed E-state index contributed by atoms with van der Waals surface area (Å²) in [6, 6.07) is 9.83. The van der Waals surface area contributed by atoms with Crippen LogP contribution in [0, 0.1) is 0 Å². The zero-order valence-corrected chi connectivity index (χ0v) is 11.1. The lowest BCUT2D eigenvalue weighted by Crippen LogP contribution is -2.26. The van der Waals surface area contributed by atoms with Gasteiger partial charge in [-0.1, -0.05) is 24.3 Å². The van der Waals surface area contributed by atoms with Gasteiger partial charge < -0.3 is 10.4 Å². The summed E-state index contributed by atoms with van der Waals surface area (Å²) in [4.78, 5) is 10.8. The molecule has 5 heteroatoms. The summed E-state index contributed by atoms with van der Waals surface area (Å²) in [6.45, 7) is 2.15. The highest BCUT2D eigenvalue weighted by Crippen LogP contribution is 2.27. The Balaban J connectivity index is 1.79. The van der Waals surface area contributed by atoms with Crippen molar-refractivity contribution in [3.8, 4) is 11.3 Å². The highest BCUT2D eigenvalue weighted by Gasteiger charge is 2.15. The van der Waals surface area contributed by atoms with Crippen LogP contribution in [-0.4, -0.2) is 34.4 Å². The summed E-state index contributed by atoms with van der Waals surface area (Å²) in [6.07, 6.45) is 2.34. The summed E-state index contributed by atoms with van der Waals surface area (Å²) in [5.74, 6) is -0.367. The molecule has 20 heavy (non-hydrogen) atoms. The fourth-order valence-corrected chi connectivity index (χ4v) is 2.66. The first-order valence-corrected chi connectivity index (χ1v) is 6.84. The van der Waals surface area contributed by atoms with E-state index in [0.29, 0.717) is 11.6 Å². The number of carbonyl (C=O) groups is 1. The molecule has 5 nitrogen and oxygen atoms in total. The lowest BCUT2D eigenvalue weighted by molar-refractivity contribution is 0.0690. The van der Waals surface area contributed by atoms with Crippen LogP contribution in [0.4, 0.5) is 0 Å². The molecular formula is C15H17N3O2. The minimum Gasteiger partial charge on any atom is -0.477 e. The van der Waals surface area contributed by atoms with Gasteiger partial charge in [0.15, 0.2) is 0 Å². The Bertz CT molecular complexity index is 598. The lowest BCUT2D eigenvalue weighted by atomic mass is 9.89. The Labute approximate surface area is 117 Å². The Hall–Kier alpha value is -2.14. The largest absolute Gasteiger partial charge is 0.477 e. The molecule has 1 aromatic carbocycles. The number of hydrogen-bond donors (Lipinski definition) is 3. The van der Waals surface area contributed by atoms with Crippen LogP contribution in [0.2, 0.25) is 0 Å². The molecular weight excluding hydrogens is 254 g/mol. The van der Waals surface area contributed by atoms with Gasteiger partial charge >= 0.3 is 5.97 Å². The molecule has 0 amide bonds. The molecule has 1 aliphatic heterocycles. The van der Waals surface area contributed by atoms with Crippen molar-refractivity contribution in [3.05, 3.63) is 41.6 Å². The summed E-state index contributed by atoms with van der Waals surface area (Å²) in [5, 5.41) is 18.8. The molecule has 0 bridgehead atoms. The molecule has 3 rings (SSSR count). The van der Waals surface area contributed by atoms with E-state index in [0.717, 1.165) is 18.7 Å². The molecule has 0 radical (unpaired) electrons. The Morgan fingerprint density at radius 2 is 1.90 bits per heavy atom. The van der Waals surface area contributed by atoms with Crippen molar-refractivity contribution in [1.82, 2.24) is 15.5 Å². The smallest absolute Gasteiger partial charge is 0.353 e. The van der Waals surface area contributed by atoms with E-state index in [1.165, 1.54) is 18.4 Å². The second-order valence-electron chi connectivity index (χ2n) is 5.12. The van der Waals surface area contributed by atoms with Gasteiger partial charge in [-0.3, -0.25) is 5.10 Å². The molecule has 2 aromatic rings. The Morgan fingerprint density at radius 1 is 1.20 bits per heavy atom. The predicted molar refractivity (Wildman–Crippen MR) is 75.8 cm³/mol. The molecule has 3 N–H and O–H groups in total. The van der Waals surface area contributed by atoms with Crippen molar-refractivity contribution >= 4 is 5.97 Å². The Morgan fingerprint density at radius 3 is 2.50 bits per heavy atom. The molecule has 0 saturated carbocycles. The van der Waals surface area contributed by atoms with Crippen LogP contribution in [0.25, 0.3) is 11.3 Å². The van der Waals surface area contributed by atoms with Gasteiger partial charge in [0.2, 0.25) is 0 Å². The van der Waals surface area contributed by atoms with E-state index >= 15 is 0 Å². The third-order valence-corrected chi connectivity index (χ3v) is 3.83. The van der Waals surface area contributed by atoms with Crippen LogP contribution in [0.15, 0.2) is 30.3 Å². The van der Waals surface area contributed by atoms with Crippen molar-refractivity contribution < 1.29 is 9.90 Å². The standard InChI is InChI=1S/C15H17N3O2/c19-15(20)14-9-13(17-18-14)12-3-1-10(2-4-12)11-5-7-16-8-6-11/h1-4,9,11,16H,5-8H2,(H,17,18)(H,19,20). The van der Waals surface area contributed by atoms with Gasteiger partial charge in [-0.2, -0.15) is 5.10 Å². The maximum Gasteiger partial charge on any atom is 0.353 e. The van der Waals surface area contributed by atoms with Crippen molar-refractivity contribution in [2.24, 2.45) is 0 Å². The van der Waals surface area contributed by atoms with Crippen molar-refractivity contribution in [2.45, 2.75) is 18.8 Å². The number of aromatic amines is 1. The number of carboxylic acids is 1. The van der Waals surface area contributed by atoms with Gasteiger partial charge in [-0.05, 0) is 43.5 Å². The first-order chi connectivity index (χ1) is 9.74. The summed E-state index contributed by atoms with van der Waals surface area (Å²) >= 11 is 0. The molecule has 0 atom stereocenters. The molecule has 1 aliphatic rings. The van der Waals surface area contributed by atoms with Gasteiger partial charge in [-0.25, -0.2) is 4.79 Å². The number of carboxylic acid groups (broad SMARTS) is 1. The number of piperidine rings is 1. The number of aromatic nitrogens is 2. The van der Waals surface area contributed by atoms with Crippen molar-refractivity contribution in [1.29, 1.82) is 0 Å². The van der Waals surface area contributed by atoms with E-state index in [4.69, 9.17) is 5.11 Å². The molecule has 1 saturated heterocycles. The average molecular weight is 271 g/mol. The third kappa shape index (κ3) is 2.58. The molecule has 1 fully saturated rings. The van der Waals surface area contributed by atoms with Gasteiger partial charge in [0.25, 0.3) is 0 Å². The maximum absolute atomic E-state index is 10.8. The fraction of sp³-hybridized carbons (Fsp3) is 0.333. The normalized spacial score (nSPS) is 16.2. The molecule has 0 spiro atoms. The van der Waals surface area contributed by atoms with E-state index in [2.05, 4.69) is 27.6 Å². The molecule has 0 unspecified atom stereocenters. The first-order valence-electron chi connectivity index (χ1n) is 6.84. The van der Waals surface area contributed by atoms with Crippen LogP contribution >= 0.6 is 0 Å². The van der Waals surface area contributed by atoms with Crippen LogP contribution < -0.4 is 5.32 Å². The number of rotatable bonds is 3. The monoisotopic (exact) mass is 271 g/mol. The summed E-state index contributed by atoms with van der Waals surface area (Å²) in [5.41, 5.74) is 3.07. The van der Waals surface area contributed by atoms with Crippen LogP contribution in [0.3, 0.4) is 0 Å². The molecule has 1 aromatic heterocycles. The summed E-state index contributed by atoms with van der Waals surface area (Å²) < 4.78 is 0. The number of aromatic carboxylic acids is 1. The van der Waals surface area contributed by atoms with Gasteiger partial charge in [0.05, 0.1) is 5.69 Å². The van der Waals surface area contributed by atoms with Crippen molar-refractivity contribution in [2.75, 3.05) is 13.1 Å². The zero-order valence-electron chi connectivity index (χ0n) is 11.1. The number of nitrogens with one attached hydrogen (secondary N) is 2.